The maximum absolute atomic E-state index is 11.8. The van der Waals surface area contributed by atoms with E-state index in [4.69, 9.17) is 9.84 Å². The lowest BCUT2D eigenvalue weighted by atomic mass is 10.1. The van der Waals surface area contributed by atoms with E-state index in [9.17, 15) is 14.4 Å². The topological polar surface area (TPSA) is 95.9 Å². The molecule has 1 aliphatic rings. The number of rotatable bonds is 5. The van der Waals surface area contributed by atoms with Crippen molar-refractivity contribution in [1.29, 1.82) is 0 Å². The first-order valence-electron chi connectivity index (χ1n) is 6.32. The number of amides is 3. The van der Waals surface area contributed by atoms with Gasteiger partial charge in [-0.05, 0) is 19.8 Å². The molecule has 0 aliphatic carbocycles. The van der Waals surface area contributed by atoms with Gasteiger partial charge in [0.1, 0.15) is 0 Å². The van der Waals surface area contributed by atoms with Crippen molar-refractivity contribution in [1.82, 2.24) is 10.2 Å². The zero-order valence-electron chi connectivity index (χ0n) is 11.2. The monoisotopic (exact) mass is 272 g/mol. The summed E-state index contributed by atoms with van der Waals surface area (Å²) in [7, 11) is 1.62. The number of imide groups is 1. The second kappa shape index (κ2) is 7.08. The molecule has 1 rings (SSSR count). The first-order chi connectivity index (χ1) is 8.91. The number of likely N-dealkylation sites (N-methyl/N-ethyl adjacent to an activating group) is 1. The van der Waals surface area contributed by atoms with Crippen molar-refractivity contribution in [2.75, 3.05) is 13.7 Å². The largest absolute Gasteiger partial charge is 0.481 e. The molecule has 0 spiro atoms. The summed E-state index contributed by atoms with van der Waals surface area (Å²) < 4.78 is 5.36. The van der Waals surface area contributed by atoms with Gasteiger partial charge in [0.2, 0.25) is 5.91 Å². The van der Waals surface area contributed by atoms with E-state index in [1.165, 1.54) is 4.90 Å². The molecule has 1 heterocycles. The lowest BCUT2D eigenvalue weighted by Crippen LogP contribution is -2.48. The molecule has 0 saturated carbocycles. The van der Waals surface area contributed by atoms with Crippen molar-refractivity contribution >= 4 is 17.9 Å². The van der Waals surface area contributed by atoms with Crippen LogP contribution in [0.25, 0.3) is 0 Å². The molecule has 0 radical (unpaired) electrons. The number of aliphatic carboxylic acids is 1. The number of nitrogens with one attached hydrogen (secondary N) is 1. The average molecular weight is 272 g/mol. The molecule has 0 aromatic heterocycles. The third kappa shape index (κ3) is 4.86. The summed E-state index contributed by atoms with van der Waals surface area (Å²) in [5, 5.41) is 10.7. The summed E-state index contributed by atoms with van der Waals surface area (Å²) in [5.41, 5.74) is 0. The molecule has 2 N–H and O–H groups in total. The average Bonchev–Trinajstić information content (AvgIpc) is 2.73. The van der Waals surface area contributed by atoms with Crippen LogP contribution in [0.1, 0.15) is 32.6 Å². The molecule has 1 fully saturated rings. The predicted molar refractivity (Wildman–Crippen MR) is 66.6 cm³/mol. The van der Waals surface area contributed by atoms with Crippen LogP contribution < -0.4 is 5.32 Å². The Morgan fingerprint density at radius 2 is 2.05 bits per heavy atom. The van der Waals surface area contributed by atoms with Crippen LogP contribution in [-0.2, 0) is 14.3 Å². The number of carbonyl (C=O) groups is 3. The number of carboxylic acids is 1. The van der Waals surface area contributed by atoms with Gasteiger partial charge in [0.15, 0.2) is 0 Å². The molecule has 108 valence electrons. The molecule has 1 saturated heterocycles. The molecule has 3 amide bonds. The smallest absolute Gasteiger partial charge is 0.324 e. The van der Waals surface area contributed by atoms with E-state index in [-0.39, 0.29) is 31.4 Å². The third-order valence-electron chi connectivity index (χ3n) is 3.19. The van der Waals surface area contributed by atoms with Crippen molar-refractivity contribution in [3.63, 3.8) is 0 Å². The highest BCUT2D eigenvalue weighted by atomic mass is 16.5. The normalized spacial score (nSPS) is 22.0. The summed E-state index contributed by atoms with van der Waals surface area (Å²) in [6.07, 6.45) is 0.880. The number of hydrogen-bond donors (Lipinski definition) is 2. The zero-order valence-corrected chi connectivity index (χ0v) is 11.2. The van der Waals surface area contributed by atoms with Crippen molar-refractivity contribution in [2.24, 2.45) is 0 Å². The molecule has 19 heavy (non-hydrogen) atoms. The van der Waals surface area contributed by atoms with Crippen LogP contribution in [0.2, 0.25) is 0 Å². The van der Waals surface area contributed by atoms with E-state index < -0.39 is 17.9 Å². The molecule has 1 aliphatic heterocycles. The number of nitrogens with zero attached hydrogens (tertiary/aromatic N) is 1. The van der Waals surface area contributed by atoms with Crippen LogP contribution in [0.15, 0.2) is 0 Å². The fourth-order valence-corrected chi connectivity index (χ4v) is 2.05. The summed E-state index contributed by atoms with van der Waals surface area (Å²) in [5.74, 6) is -1.40. The number of urea groups is 1. The van der Waals surface area contributed by atoms with Crippen LogP contribution in [-0.4, -0.2) is 53.7 Å². The van der Waals surface area contributed by atoms with Crippen LogP contribution in [0, 0.1) is 0 Å². The molecule has 0 aromatic rings. The number of carboxylic acid groups (broad SMARTS) is 1. The Morgan fingerprint density at radius 1 is 1.37 bits per heavy atom. The minimum atomic E-state index is -0.951. The van der Waals surface area contributed by atoms with Crippen LogP contribution in [0.3, 0.4) is 0 Å². The Labute approximate surface area is 111 Å². The van der Waals surface area contributed by atoms with Gasteiger partial charge in [-0.1, -0.05) is 0 Å². The van der Waals surface area contributed by atoms with Crippen LogP contribution in [0.4, 0.5) is 4.79 Å². The van der Waals surface area contributed by atoms with E-state index >= 15 is 0 Å². The van der Waals surface area contributed by atoms with Crippen LogP contribution in [0.5, 0.6) is 0 Å². The number of hydrogen-bond acceptors (Lipinski definition) is 4. The lowest BCUT2D eigenvalue weighted by Gasteiger charge is -2.26. The van der Waals surface area contributed by atoms with Gasteiger partial charge in [-0.15, -0.1) is 0 Å². The van der Waals surface area contributed by atoms with E-state index in [1.54, 1.807) is 7.05 Å². The molecule has 2 unspecified atom stereocenters. The molecule has 7 heteroatoms. The van der Waals surface area contributed by atoms with Gasteiger partial charge in [0.25, 0.3) is 0 Å². The number of carbonyl (C=O) groups excluding carboxylic acids is 2. The van der Waals surface area contributed by atoms with Crippen molar-refractivity contribution in [3.05, 3.63) is 0 Å². The Balaban J connectivity index is 2.33. The van der Waals surface area contributed by atoms with E-state index in [0.29, 0.717) is 6.61 Å². The Bertz CT molecular complexity index is 358. The first kappa shape index (κ1) is 15.4. The maximum atomic E-state index is 11.8. The molecular formula is C12H20N2O5. The fraction of sp³-hybridized carbons (Fsp3) is 0.750. The summed E-state index contributed by atoms with van der Waals surface area (Å²) in [6, 6.07) is -0.505. The van der Waals surface area contributed by atoms with E-state index in [0.717, 1.165) is 6.42 Å². The number of ether oxygens (including phenoxy) is 1. The zero-order chi connectivity index (χ0) is 14.4. The third-order valence-corrected chi connectivity index (χ3v) is 3.19. The van der Waals surface area contributed by atoms with Gasteiger partial charge >= 0.3 is 12.0 Å². The Kier molecular flexibility index (Phi) is 5.75. The van der Waals surface area contributed by atoms with E-state index in [1.807, 2.05) is 6.92 Å². The minimum Gasteiger partial charge on any atom is -0.481 e. The molecular weight excluding hydrogens is 252 g/mol. The maximum Gasteiger partial charge on any atom is 0.324 e. The van der Waals surface area contributed by atoms with Gasteiger partial charge in [-0.3, -0.25) is 14.9 Å². The molecule has 7 nitrogen and oxygen atoms in total. The van der Waals surface area contributed by atoms with Gasteiger partial charge in [0, 0.05) is 26.5 Å². The van der Waals surface area contributed by atoms with Crippen LogP contribution >= 0.6 is 0 Å². The van der Waals surface area contributed by atoms with E-state index in [2.05, 4.69) is 5.32 Å². The highest BCUT2D eigenvalue weighted by Crippen LogP contribution is 2.18. The molecule has 0 aromatic carbocycles. The van der Waals surface area contributed by atoms with Crippen molar-refractivity contribution in [2.45, 2.75) is 44.8 Å². The predicted octanol–water partition coefficient (Wildman–Crippen LogP) is 0.587. The first-order valence-corrected chi connectivity index (χ1v) is 6.32. The van der Waals surface area contributed by atoms with Gasteiger partial charge in [-0.2, -0.15) is 0 Å². The standard InChI is InChI=1S/C12H20N2O5/c1-8-9(6-7-19-8)14(2)12(18)13-10(15)4-3-5-11(16)17/h8-9H,3-7H2,1-2H3,(H,16,17)(H,13,15,18). The highest BCUT2D eigenvalue weighted by Gasteiger charge is 2.31. The molecule has 2 atom stereocenters. The lowest BCUT2D eigenvalue weighted by molar-refractivity contribution is -0.137. The summed E-state index contributed by atoms with van der Waals surface area (Å²) in [6.45, 7) is 2.49. The summed E-state index contributed by atoms with van der Waals surface area (Å²) >= 11 is 0. The highest BCUT2D eigenvalue weighted by molar-refractivity contribution is 5.94. The van der Waals surface area contributed by atoms with Crippen molar-refractivity contribution < 1.29 is 24.2 Å². The second-order valence-electron chi connectivity index (χ2n) is 4.64. The van der Waals surface area contributed by atoms with Gasteiger partial charge in [0.05, 0.1) is 12.1 Å². The Hall–Kier alpha value is -1.63. The minimum absolute atomic E-state index is 0.0304. The van der Waals surface area contributed by atoms with Gasteiger partial charge in [-0.25, -0.2) is 4.79 Å². The molecule has 0 bridgehead atoms. The summed E-state index contributed by atoms with van der Waals surface area (Å²) in [4.78, 5) is 35.0. The SMILES string of the molecule is CC1OCCC1N(C)C(=O)NC(=O)CCCC(=O)O. The second-order valence-corrected chi connectivity index (χ2v) is 4.64. The van der Waals surface area contributed by atoms with Gasteiger partial charge < -0.3 is 14.7 Å². The quantitative estimate of drug-likeness (QED) is 0.763. The Morgan fingerprint density at radius 3 is 2.58 bits per heavy atom. The van der Waals surface area contributed by atoms with Crippen molar-refractivity contribution in [3.8, 4) is 0 Å². The fourth-order valence-electron chi connectivity index (χ4n) is 2.05.